The molecule has 0 fully saturated rings. The molecule has 7 heteroatoms. The molecular weight excluding hydrogens is 334 g/mol. The Morgan fingerprint density at radius 2 is 2.00 bits per heavy atom. The number of aromatic amines is 1. The minimum atomic E-state index is -0.627. The summed E-state index contributed by atoms with van der Waals surface area (Å²) < 4.78 is 6.18. The van der Waals surface area contributed by atoms with Gasteiger partial charge in [-0.1, -0.05) is 18.2 Å². The number of para-hydroxylation sites is 1. The van der Waals surface area contributed by atoms with E-state index in [4.69, 9.17) is 4.42 Å². The first kappa shape index (κ1) is 16.1. The van der Waals surface area contributed by atoms with Gasteiger partial charge >= 0.3 is 5.69 Å². The highest BCUT2D eigenvalue weighted by Gasteiger charge is 2.26. The number of nitrogens with zero attached hydrogens (tertiary/aromatic N) is 2. The number of carbonyl (C=O) groups excluding carboxylic acids is 1. The first-order chi connectivity index (χ1) is 12.6. The van der Waals surface area contributed by atoms with E-state index in [1.165, 1.54) is 12.5 Å². The van der Waals surface area contributed by atoms with Crippen LogP contribution in [0.15, 0.2) is 62.9 Å². The lowest BCUT2D eigenvalue weighted by atomic mass is 10.0. The molecule has 0 aliphatic carbocycles. The van der Waals surface area contributed by atoms with Gasteiger partial charge in [0, 0.05) is 18.4 Å². The van der Waals surface area contributed by atoms with Crippen LogP contribution in [0.4, 0.5) is 5.69 Å². The van der Waals surface area contributed by atoms with Crippen LogP contribution in [0.5, 0.6) is 0 Å². The molecule has 0 bridgehead atoms. The van der Waals surface area contributed by atoms with Gasteiger partial charge in [-0.25, -0.2) is 4.79 Å². The molecule has 1 aromatic carbocycles. The average molecular weight is 351 g/mol. The molecule has 1 aliphatic rings. The minimum Gasteiger partial charge on any atom is -0.467 e. The second kappa shape index (κ2) is 6.51. The van der Waals surface area contributed by atoms with Crippen molar-refractivity contribution < 1.29 is 9.21 Å². The Hall–Kier alpha value is -3.35. The molecule has 0 saturated carbocycles. The first-order valence-electron chi connectivity index (χ1n) is 8.40. The highest BCUT2D eigenvalue weighted by molar-refractivity contribution is 6.06. The van der Waals surface area contributed by atoms with Crippen molar-refractivity contribution in [1.82, 2.24) is 9.55 Å². The van der Waals surface area contributed by atoms with Gasteiger partial charge in [-0.05, 0) is 36.6 Å². The number of rotatable bonds is 3. The molecule has 2 aromatic heterocycles. The highest BCUT2D eigenvalue weighted by atomic mass is 16.3. The van der Waals surface area contributed by atoms with Crippen molar-refractivity contribution >= 4 is 11.6 Å². The van der Waals surface area contributed by atoms with Gasteiger partial charge in [0.05, 0.1) is 12.8 Å². The summed E-state index contributed by atoms with van der Waals surface area (Å²) in [5.41, 5.74) is 0.618. The Labute approximate surface area is 148 Å². The van der Waals surface area contributed by atoms with E-state index in [9.17, 15) is 14.4 Å². The summed E-state index contributed by atoms with van der Waals surface area (Å²) in [6.45, 7) is 0.505. The van der Waals surface area contributed by atoms with Crippen molar-refractivity contribution in [3.63, 3.8) is 0 Å². The maximum absolute atomic E-state index is 13.0. The van der Waals surface area contributed by atoms with E-state index in [2.05, 4.69) is 4.98 Å². The molecule has 0 radical (unpaired) electrons. The van der Waals surface area contributed by atoms with Crippen molar-refractivity contribution in [1.29, 1.82) is 0 Å². The lowest BCUT2D eigenvalue weighted by molar-refractivity contribution is 0.0982. The van der Waals surface area contributed by atoms with E-state index < -0.39 is 17.2 Å². The number of furan rings is 1. The maximum atomic E-state index is 13.0. The van der Waals surface area contributed by atoms with Gasteiger partial charge in [-0.15, -0.1) is 0 Å². The van der Waals surface area contributed by atoms with Crippen LogP contribution in [-0.4, -0.2) is 22.0 Å². The molecule has 1 N–H and O–H groups in total. The fourth-order valence-corrected chi connectivity index (χ4v) is 3.26. The van der Waals surface area contributed by atoms with Crippen LogP contribution in [0.3, 0.4) is 0 Å². The molecular formula is C19H17N3O4. The van der Waals surface area contributed by atoms with Crippen LogP contribution in [0, 0.1) is 0 Å². The van der Waals surface area contributed by atoms with E-state index in [1.807, 2.05) is 24.3 Å². The van der Waals surface area contributed by atoms with E-state index in [-0.39, 0.29) is 12.1 Å². The first-order valence-corrected chi connectivity index (χ1v) is 8.40. The summed E-state index contributed by atoms with van der Waals surface area (Å²) in [4.78, 5) is 41.9. The van der Waals surface area contributed by atoms with Crippen LogP contribution in [0.25, 0.3) is 0 Å². The summed E-state index contributed by atoms with van der Waals surface area (Å²) >= 11 is 0. The second-order valence-electron chi connectivity index (χ2n) is 6.17. The third-order valence-electron chi connectivity index (χ3n) is 4.54. The summed E-state index contributed by atoms with van der Waals surface area (Å²) in [5.74, 6) is 0.0529. The number of amides is 1. The van der Waals surface area contributed by atoms with Crippen LogP contribution < -0.4 is 16.1 Å². The molecule has 3 aromatic rings. The number of carbonyl (C=O) groups is 1. The van der Waals surface area contributed by atoms with Gasteiger partial charge in [-0.2, -0.15) is 0 Å². The number of aromatic nitrogens is 2. The molecule has 3 heterocycles. The quantitative estimate of drug-likeness (QED) is 0.779. The predicted octanol–water partition coefficient (Wildman–Crippen LogP) is 1.77. The van der Waals surface area contributed by atoms with E-state index in [0.717, 1.165) is 28.7 Å². The Bertz CT molecular complexity index is 1060. The maximum Gasteiger partial charge on any atom is 0.328 e. The zero-order chi connectivity index (χ0) is 18.1. The Balaban J connectivity index is 1.74. The normalized spacial score (nSPS) is 13.5. The molecule has 132 valence electrons. The molecule has 7 nitrogen and oxygen atoms in total. The van der Waals surface area contributed by atoms with Crippen LogP contribution in [0.1, 0.15) is 28.1 Å². The number of H-pyrrole nitrogens is 1. The largest absolute Gasteiger partial charge is 0.467 e. The van der Waals surface area contributed by atoms with E-state index in [1.54, 1.807) is 17.0 Å². The van der Waals surface area contributed by atoms with Crippen molar-refractivity contribution in [2.45, 2.75) is 19.4 Å². The minimum absolute atomic E-state index is 0.0289. The molecule has 0 atom stereocenters. The molecule has 0 saturated heterocycles. The Kier molecular flexibility index (Phi) is 4.04. The van der Waals surface area contributed by atoms with Gasteiger partial charge in [0.15, 0.2) is 0 Å². The molecule has 26 heavy (non-hydrogen) atoms. The van der Waals surface area contributed by atoms with Gasteiger partial charge in [0.25, 0.3) is 11.5 Å². The fraction of sp³-hybridized carbons (Fsp3) is 0.211. The molecule has 4 rings (SSSR count). The summed E-state index contributed by atoms with van der Waals surface area (Å²) in [5, 5.41) is 0. The van der Waals surface area contributed by atoms with Crippen molar-refractivity contribution in [2.75, 3.05) is 11.4 Å². The Morgan fingerprint density at radius 3 is 2.81 bits per heavy atom. The molecule has 1 aliphatic heterocycles. The molecule has 1 amide bonds. The average Bonchev–Trinajstić information content (AvgIpc) is 3.17. The van der Waals surface area contributed by atoms with Crippen molar-refractivity contribution in [3.8, 4) is 0 Å². The molecule has 0 spiro atoms. The van der Waals surface area contributed by atoms with Gasteiger partial charge in [0.2, 0.25) is 0 Å². The van der Waals surface area contributed by atoms with Crippen molar-refractivity contribution in [2.24, 2.45) is 0 Å². The number of fused-ring (bicyclic) bond motifs is 1. The highest BCUT2D eigenvalue weighted by Crippen LogP contribution is 2.27. The Morgan fingerprint density at radius 1 is 1.15 bits per heavy atom. The summed E-state index contributed by atoms with van der Waals surface area (Å²) in [6.07, 6.45) is 4.39. The van der Waals surface area contributed by atoms with Crippen LogP contribution in [0.2, 0.25) is 0 Å². The number of hydrogen-bond donors (Lipinski definition) is 1. The van der Waals surface area contributed by atoms with E-state index >= 15 is 0 Å². The summed E-state index contributed by atoms with van der Waals surface area (Å²) in [7, 11) is 0. The third kappa shape index (κ3) is 2.77. The zero-order valence-electron chi connectivity index (χ0n) is 14.0. The lowest BCUT2D eigenvalue weighted by Gasteiger charge is -2.29. The number of aryl methyl sites for hydroxylation is 1. The SMILES string of the molecule is O=C(c1c[nH]c(=O)n(Cc2ccco2)c1=O)N1CCCc2ccccc21. The number of nitrogens with one attached hydrogen (secondary N) is 1. The third-order valence-corrected chi connectivity index (χ3v) is 4.54. The standard InChI is InChI=1S/C19H17N3O4/c23-17(21-9-3-6-13-5-1-2-8-16(13)21)15-11-20-19(25)22(18(15)24)12-14-7-4-10-26-14/h1-2,4-5,7-8,10-11H,3,6,9,12H2,(H,20,25). The fourth-order valence-electron chi connectivity index (χ4n) is 3.26. The zero-order valence-corrected chi connectivity index (χ0v) is 14.0. The number of hydrogen-bond acceptors (Lipinski definition) is 4. The van der Waals surface area contributed by atoms with Crippen molar-refractivity contribution in [3.05, 3.63) is 86.6 Å². The smallest absolute Gasteiger partial charge is 0.328 e. The second-order valence-corrected chi connectivity index (χ2v) is 6.17. The lowest BCUT2D eigenvalue weighted by Crippen LogP contribution is -2.43. The predicted molar refractivity (Wildman–Crippen MR) is 95.6 cm³/mol. The topological polar surface area (TPSA) is 88.3 Å². The van der Waals surface area contributed by atoms with Gasteiger partial charge in [0.1, 0.15) is 11.3 Å². The molecule has 0 unspecified atom stereocenters. The monoisotopic (exact) mass is 351 g/mol. The van der Waals surface area contributed by atoms with Crippen LogP contribution in [-0.2, 0) is 13.0 Å². The van der Waals surface area contributed by atoms with Gasteiger partial charge in [-0.3, -0.25) is 14.2 Å². The van der Waals surface area contributed by atoms with Crippen LogP contribution >= 0.6 is 0 Å². The van der Waals surface area contributed by atoms with E-state index in [0.29, 0.717) is 12.3 Å². The number of benzene rings is 1. The number of anilines is 1. The summed E-state index contributed by atoms with van der Waals surface area (Å²) in [6, 6.07) is 11.0. The van der Waals surface area contributed by atoms with Gasteiger partial charge < -0.3 is 14.3 Å².